The highest BCUT2D eigenvalue weighted by molar-refractivity contribution is 7.99. The van der Waals surface area contributed by atoms with Gasteiger partial charge >= 0.3 is 0 Å². The Morgan fingerprint density at radius 3 is 1.82 bits per heavy atom. The summed E-state index contributed by atoms with van der Waals surface area (Å²) in [4.78, 5) is 5.09. The zero-order chi connectivity index (χ0) is 30.4. The normalized spacial score (nSPS) is 13.2. The highest BCUT2D eigenvalue weighted by Gasteiger charge is 2.34. The van der Waals surface area contributed by atoms with Gasteiger partial charge in [-0.3, -0.25) is 0 Å². The van der Waals surface area contributed by atoms with Gasteiger partial charge in [0.05, 0.1) is 5.69 Å². The Morgan fingerprint density at radius 1 is 0.467 bits per heavy atom. The molecule has 0 amide bonds. The van der Waals surface area contributed by atoms with Crippen LogP contribution in [-0.4, -0.2) is 0 Å². The van der Waals surface area contributed by atoms with Gasteiger partial charge in [0.1, 0.15) is 0 Å². The number of benzene rings is 7. The molecule has 0 atom stereocenters. The molecule has 1 heterocycles. The highest BCUT2D eigenvalue weighted by Crippen LogP contribution is 2.52. The molecule has 0 saturated carbocycles. The van der Waals surface area contributed by atoms with E-state index in [-0.39, 0.29) is 5.41 Å². The van der Waals surface area contributed by atoms with E-state index in [9.17, 15) is 0 Å². The van der Waals surface area contributed by atoms with Gasteiger partial charge in [-0.05, 0) is 75.2 Å². The van der Waals surface area contributed by atoms with E-state index in [1.165, 1.54) is 59.6 Å². The van der Waals surface area contributed by atoms with Crippen molar-refractivity contribution in [2.24, 2.45) is 0 Å². The second-order valence-electron chi connectivity index (χ2n) is 12.2. The number of hydrogen-bond donors (Lipinski definition) is 0. The summed E-state index contributed by atoms with van der Waals surface area (Å²) >= 11 is 1.90. The molecule has 2 heteroatoms. The summed E-state index contributed by atoms with van der Waals surface area (Å²) in [6, 6.07) is 59.5. The molecular weight excluding hydrogens is 563 g/mol. The molecule has 0 fully saturated rings. The Balaban J connectivity index is 1.23. The van der Waals surface area contributed by atoms with E-state index in [2.05, 4.69) is 183 Å². The van der Waals surface area contributed by atoms with Crippen LogP contribution in [0.1, 0.15) is 25.0 Å². The topological polar surface area (TPSA) is 3.24 Å². The maximum atomic E-state index is 2.38. The zero-order valence-corrected chi connectivity index (χ0v) is 26.3. The van der Waals surface area contributed by atoms with Crippen LogP contribution >= 0.6 is 11.8 Å². The Labute approximate surface area is 269 Å². The summed E-state index contributed by atoms with van der Waals surface area (Å²) in [5, 5.41) is 2.46. The average molecular weight is 596 g/mol. The first-order chi connectivity index (χ1) is 22.1. The lowest BCUT2D eigenvalue weighted by molar-refractivity contribution is 0.608. The molecule has 1 aliphatic rings. The second-order valence-corrected chi connectivity index (χ2v) is 13.3. The molecule has 0 radical (unpaired) electrons. The average Bonchev–Trinajstić information content (AvgIpc) is 3.09. The van der Waals surface area contributed by atoms with Crippen molar-refractivity contribution in [1.82, 2.24) is 0 Å². The summed E-state index contributed by atoms with van der Waals surface area (Å²) in [5.74, 6) is 0. The van der Waals surface area contributed by atoms with Gasteiger partial charge in [0.2, 0.25) is 0 Å². The highest BCUT2D eigenvalue weighted by atomic mass is 32.2. The summed E-state index contributed by atoms with van der Waals surface area (Å²) in [6.07, 6.45) is 0. The fourth-order valence-corrected chi connectivity index (χ4v) is 8.28. The predicted octanol–water partition coefficient (Wildman–Crippen LogP) is 12.4. The molecular formula is C43H33NS. The molecule has 216 valence electrons. The third-order valence-electron chi connectivity index (χ3n) is 9.14. The van der Waals surface area contributed by atoms with Crippen molar-refractivity contribution >= 4 is 39.6 Å². The molecule has 0 aromatic heterocycles. The quantitative estimate of drug-likeness (QED) is 0.195. The largest absolute Gasteiger partial charge is 0.310 e. The van der Waals surface area contributed by atoms with Gasteiger partial charge in [0, 0.05) is 32.0 Å². The van der Waals surface area contributed by atoms with Gasteiger partial charge in [0.15, 0.2) is 0 Å². The van der Waals surface area contributed by atoms with E-state index >= 15 is 0 Å². The zero-order valence-electron chi connectivity index (χ0n) is 25.4. The maximum absolute atomic E-state index is 2.38. The molecule has 0 aliphatic carbocycles. The van der Waals surface area contributed by atoms with E-state index < -0.39 is 0 Å². The third kappa shape index (κ3) is 4.83. The maximum Gasteiger partial charge on any atom is 0.0540 e. The van der Waals surface area contributed by atoms with E-state index in [4.69, 9.17) is 0 Å². The Bertz CT molecular complexity index is 2140. The lowest BCUT2D eigenvalue weighted by atomic mass is 9.77. The number of fused-ring (bicyclic) bond motifs is 3. The minimum absolute atomic E-state index is 0.0514. The summed E-state index contributed by atoms with van der Waals surface area (Å²) in [5.41, 5.74) is 11.1. The fourth-order valence-electron chi connectivity index (χ4n) is 6.75. The summed E-state index contributed by atoms with van der Waals surface area (Å²) in [7, 11) is 0. The van der Waals surface area contributed by atoms with E-state index in [1.54, 1.807) is 0 Å². The van der Waals surface area contributed by atoms with Crippen LogP contribution in [0, 0.1) is 0 Å². The molecule has 7 aromatic carbocycles. The molecule has 1 nitrogen and oxygen atoms in total. The molecule has 0 N–H and O–H groups in total. The van der Waals surface area contributed by atoms with Crippen LogP contribution in [0.2, 0.25) is 0 Å². The van der Waals surface area contributed by atoms with Crippen LogP contribution in [0.25, 0.3) is 33.0 Å². The van der Waals surface area contributed by atoms with E-state index in [1.807, 2.05) is 11.8 Å². The van der Waals surface area contributed by atoms with Gasteiger partial charge in [-0.25, -0.2) is 0 Å². The standard InChI is InChI=1S/C43H33NS/c1-43(2)38-18-8-9-21-41(38)45-42-37(17-11-19-39(42)43)33-24-28-35(29-25-33)44(40-20-10-15-32-14-6-7-16-36(32)40)34-26-22-31(23-27-34)30-12-4-3-5-13-30/h3-29H,1-2H3. The first-order valence-electron chi connectivity index (χ1n) is 15.5. The van der Waals surface area contributed by atoms with Crippen LogP contribution in [0.15, 0.2) is 174 Å². The third-order valence-corrected chi connectivity index (χ3v) is 10.4. The molecule has 0 spiro atoms. The van der Waals surface area contributed by atoms with Crippen molar-refractivity contribution in [1.29, 1.82) is 0 Å². The Morgan fingerprint density at radius 2 is 1.04 bits per heavy atom. The number of hydrogen-bond acceptors (Lipinski definition) is 2. The van der Waals surface area contributed by atoms with Gasteiger partial charge in [0.25, 0.3) is 0 Å². The molecule has 1 aliphatic heterocycles. The Hall–Kier alpha value is -5.05. The molecule has 45 heavy (non-hydrogen) atoms. The SMILES string of the molecule is CC1(C)c2ccccc2Sc2c(-c3ccc(N(c4ccc(-c5ccccc5)cc4)c4cccc5ccccc45)cc3)cccc21. The van der Waals surface area contributed by atoms with Crippen molar-refractivity contribution in [3.8, 4) is 22.3 Å². The lowest BCUT2D eigenvalue weighted by Gasteiger charge is -2.35. The monoisotopic (exact) mass is 595 g/mol. The molecule has 0 unspecified atom stereocenters. The van der Waals surface area contributed by atoms with Crippen LogP contribution < -0.4 is 4.90 Å². The first kappa shape index (κ1) is 27.5. The van der Waals surface area contributed by atoms with Crippen LogP contribution in [0.5, 0.6) is 0 Å². The number of anilines is 3. The van der Waals surface area contributed by atoms with Gasteiger partial charge in [-0.15, -0.1) is 0 Å². The number of nitrogens with zero attached hydrogens (tertiary/aromatic N) is 1. The first-order valence-corrected chi connectivity index (χ1v) is 16.3. The van der Waals surface area contributed by atoms with E-state index in [0.717, 1.165) is 11.4 Å². The van der Waals surface area contributed by atoms with Crippen LogP contribution in [-0.2, 0) is 5.41 Å². The summed E-state index contributed by atoms with van der Waals surface area (Å²) in [6.45, 7) is 4.70. The van der Waals surface area contributed by atoms with Gasteiger partial charge < -0.3 is 4.90 Å². The minimum Gasteiger partial charge on any atom is -0.310 e. The molecule has 7 aromatic rings. The van der Waals surface area contributed by atoms with Crippen molar-refractivity contribution in [3.63, 3.8) is 0 Å². The second kappa shape index (κ2) is 11.1. The Kier molecular flexibility index (Phi) is 6.81. The van der Waals surface area contributed by atoms with Gasteiger partial charge in [-0.2, -0.15) is 0 Å². The van der Waals surface area contributed by atoms with Crippen LogP contribution in [0.3, 0.4) is 0 Å². The van der Waals surface area contributed by atoms with Crippen molar-refractivity contribution in [3.05, 3.63) is 175 Å². The van der Waals surface area contributed by atoms with Crippen molar-refractivity contribution in [2.45, 2.75) is 29.1 Å². The van der Waals surface area contributed by atoms with Gasteiger partial charge in [-0.1, -0.05) is 153 Å². The van der Waals surface area contributed by atoms with E-state index in [0.29, 0.717) is 0 Å². The number of rotatable bonds is 5. The smallest absolute Gasteiger partial charge is 0.0540 e. The molecule has 0 bridgehead atoms. The van der Waals surface area contributed by atoms with Crippen LogP contribution in [0.4, 0.5) is 17.1 Å². The fraction of sp³-hybridized carbons (Fsp3) is 0.0698. The molecule has 8 rings (SSSR count). The summed E-state index contributed by atoms with van der Waals surface area (Å²) < 4.78 is 0. The minimum atomic E-state index is -0.0514. The van der Waals surface area contributed by atoms with Crippen molar-refractivity contribution < 1.29 is 0 Å². The lowest BCUT2D eigenvalue weighted by Crippen LogP contribution is -2.23. The van der Waals surface area contributed by atoms with Crippen molar-refractivity contribution in [2.75, 3.05) is 4.90 Å². The molecule has 0 saturated heterocycles. The predicted molar refractivity (Wildman–Crippen MR) is 192 cm³/mol.